The fraction of sp³-hybridized carbons (Fsp3) is 0.574. The number of hydroxylamine groups is 2. The number of hydrogen-bond donors (Lipinski definition) is 5. The van der Waals surface area contributed by atoms with Crippen LogP contribution in [-0.4, -0.2) is 131 Å². The fourth-order valence-electron chi connectivity index (χ4n) is 10.2. The van der Waals surface area contributed by atoms with Crippen molar-refractivity contribution in [3.8, 4) is 16.9 Å². The first-order chi connectivity index (χ1) is 29.3. The van der Waals surface area contributed by atoms with Gasteiger partial charge >= 0.3 is 0 Å². The third-order valence-corrected chi connectivity index (χ3v) is 14.4. The van der Waals surface area contributed by atoms with Crippen LogP contribution in [0.4, 0.5) is 5.69 Å². The molecule has 1 aliphatic heterocycles. The average Bonchev–Trinajstić information content (AvgIpc) is 3.59. The first-order valence-electron chi connectivity index (χ1n) is 21.8. The number of fused-ring (bicyclic) bond motifs is 2. The number of para-hydroxylation sites is 1. The Hall–Kier alpha value is -4.09. The van der Waals surface area contributed by atoms with Gasteiger partial charge in [0.25, 0.3) is 5.91 Å². The topological polar surface area (TPSA) is 173 Å². The van der Waals surface area contributed by atoms with Crippen molar-refractivity contribution in [2.24, 2.45) is 29.1 Å². The second kappa shape index (κ2) is 19.7. The van der Waals surface area contributed by atoms with Crippen LogP contribution in [0.25, 0.3) is 11.1 Å². The molecular weight excluding hydrogens is 809 g/mol. The molecule has 0 unspecified atom stereocenters. The first-order valence-corrected chi connectivity index (χ1v) is 23.7. The molecule has 62 heavy (non-hydrogen) atoms. The molecular formula is C47H68N6O8S. The predicted octanol–water partition coefficient (Wildman–Crippen LogP) is 3.91. The maximum atomic E-state index is 14.4. The lowest BCUT2D eigenvalue weighted by Gasteiger charge is -2.62. The van der Waals surface area contributed by atoms with E-state index in [1.54, 1.807) is 25.2 Å². The maximum absolute atomic E-state index is 14.4. The minimum Gasteiger partial charge on any atom is -0.496 e. The molecule has 340 valence electrons. The molecule has 2 bridgehead atoms. The zero-order valence-electron chi connectivity index (χ0n) is 37.8. The molecule has 7 rings (SSSR count). The Morgan fingerprint density at radius 3 is 2.39 bits per heavy atom. The van der Waals surface area contributed by atoms with Gasteiger partial charge in [-0.05, 0) is 92.8 Å². The van der Waals surface area contributed by atoms with Gasteiger partial charge in [0, 0.05) is 67.1 Å². The Morgan fingerprint density at radius 2 is 1.77 bits per heavy atom. The highest BCUT2D eigenvalue weighted by Crippen LogP contribution is 2.61. The number of methoxy groups -OCH3 is 1. The largest absolute Gasteiger partial charge is 0.496 e. The lowest BCUT2D eigenvalue weighted by Crippen LogP contribution is -2.62. The molecule has 0 aromatic heterocycles. The van der Waals surface area contributed by atoms with Gasteiger partial charge in [0.1, 0.15) is 17.9 Å². The molecule has 15 heteroatoms. The molecule has 0 radical (unpaired) electrons. The number of rotatable bonds is 19. The van der Waals surface area contributed by atoms with Crippen molar-refractivity contribution in [3.63, 3.8) is 0 Å². The van der Waals surface area contributed by atoms with Crippen molar-refractivity contribution in [1.29, 1.82) is 0 Å². The molecule has 2 amide bonds. The SMILES string of the molecule is COc1c(CN2O[C@@H](CO)[C@@H]([C@H](C)O)[C@H]2C(=O)N[C@H]2C[C@@H]3C[C@H]([C@@H]2C)C3(C)C)cccc1-c1cc(C(=O)N[C@@H](Cc2ccccc2)CN(C)C)cc(N(C)CCNS(C)(=O)=O)c1. The first kappa shape index (κ1) is 47.4. The summed E-state index contributed by atoms with van der Waals surface area (Å²) in [7, 11) is 3.93. The van der Waals surface area contributed by atoms with Crippen LogP contribution in [0.2, 0.25) is 0 Å². The van der Waals surface area contributed by atoms with Gasteiger partial charge in [-0.25, -0.2) is 13.1 Å². The van der Waals surface area contributed by atoms with Crippen LogP contribution in [-0.2, 0) is 32.6 Å². The number of nitrogens with one attached hydrogen (secondary N) is 3. The van der Waals surface area contributed by atoms with Crippen LogP contribution in [0.3, 0.4) is 0 Å². The van der Waals surface area contributed by atoms with Gasteiger partial charge < -0.3 is 35.4 Å². The number of sulfonamides is 1. The number of carbonyl (C=O) groups is 2. The maximum Gasteiger partial charge on any atom is 0.251 e. The summed E-state index contributed by atoms with van der Waals surface area (Å²) in [4.78, 5) is 38.9. The van der Waals surface area contributed by atoms with Crippen molar-refractivity contribution in [1.82, 2.24) is 25.3 Å². The molecule has 4 fully saturated rings. The summed E-state index contributed by atoms with van der Waals surface area (Å²) in [5, 5.41) is 29.7. The van der Waals surface area contributed by atoms with Gasteiger partial charge in [0.2, 0.25) is 15.9 Å². The Labute approximate surface area is 368 Å². The molecule has 3 aliphatic carbocycles. The van der Waals surface area contributed by atoms with E-state index in [0.29, 0.717) is 71.0 Å². The zero-order chi connectivity index (χ0) is 45.1. The van der Waals surface area contributed by atoms with Gasteiger partial charge in [-0.3, -0.25) is 14.4 Å². The van der Waals surface area contributed by atoms with Gasteiger partial charge in [-0.2, -0.15) is 5.06 Å². The van der Waals surface area contributed by atoms with Crippen molar-refractivity contribution in [2.45, 2.75) is 83.8 Å². The Balaban J connectivity index is 1.32. The van der Waals surface area contributed by atoms with Gasteiger partial charge in [-0.15, -0.1) is 0 Å². The number of aliphatic hydroxyl groups excluding tert-OH is 2. The summed E-state index contributed by atoms with van der Waals surface area (Å²) >= 11 is 0. The smallest absolute Gasteiger partial charge is 0.251 e. The minimum atomic E-state index is -3.41. The molecule has 9 atom stereocenters. The quantitative estimate of drug-likeness (QED) is 0.118. The second-order valence-corrected chi connectivity index (χ2v) is 20.5. The molecule has 5 N–H and O–H groups in total. The van der Waals surface area contributed by atoms with Crippen LogP contribution in [0, 0.1) is 29.1 Å². The van der Waals surface area contributed by atoms with Crippen LogP contribution >= 0.6 is 0 Å². The predicted molar refractivity (Wildman–Crippen MR) is 242 cm³/mol. The van der Waals surface area contributed by atoms with E-state index in [0.717, 1.165) is 18.2 Å². The third kappa shape index (κ3) is 10.8. The van der Waals surface area contributed by atoms with E-state index in [1.807, 2.05) is 91.6 Å². The highest BCUT2D eigenvalue weighted by molar-refractivity contribution is 7.88. The van der Waals surface area contributed by atoms with Crippen molar-refractivity contribution in [2.75, 3.05) is 65.6 Å². The van der Waals surface area contributed by atoms with Crippen molar-refractivity contribution < 1.29 is 37.8 Å². The number of ether oxygens (including phenoxy) is 1. The van der Waals surface area contributed by atoms with E-state index in [4.69, 9.17) is 9.57 Å². The third-order valence-electron chi connectivity index (χ3n) is 13.7. The van der Waals surface area contributed by atoms with Gasteiger partial charge in [0.15, 0.2) is 0 Å². The Kier molecular flexibility index (Phi) is 15.1. The number of amides is 2. The monoisotopic (exact) mass is 876 g/mol. The van der Waals surface area contributed by atoms with Crippen LogP contribution in [0.1, 0.15) is 62.0 Å². The minimum absolute atomic E-state index is 0.00252. The fourth-order valence-corrected chi connectivity index (χ4v) is 10.7. The number of nitrogens with zero attached hydrogens (tertiary/aromatic N) is 3. The second-order valence-electron chi connectivity index (χ2n) is 18.7. The van der Waals surface area contributed by atoms with E-state index in [2.05, 4.69) is 36.1 Å². The van der Waals surface area contributed by atoms with E-state index < -0.39 is 34.2 Å². The molecule has 3 aromatic carbocycles. The number of likely N-dealkylation sites (N-methyl/N-ethyl adjacent to an activating group) is 2. The highest BCUT2D eigenvalue weighted by atomic mass is 32.2. The van der Waals surface area contributed by atoms with E-state index in [9.17, 15) is 28.2 Å². The summed E-state index contributed by atoms with van der Waals surface area (Å²) in [6, 6.07) is 20.2. The normalized spacial score (nSPS) is 25.5. The van der Waals surface area contributed by atoms with Crippen LogP contribution < -0.4 is 25.0 Å². The molecule has 0 spiro atoms. The Bertz CT molecular complexity index is 2140. The van der Waals surface area contributed by atoms with Crippen molar-refractivity contribution in [3.05, 3.63) is 83.4 Å². The number of carbonyl (C=O) groups excluding carboxylic acids is 2. The van der Waals surface area contributed by atoms with E-state index >= 15 is 0 Å². The zero-order valence-corrected chi connectivity index (χ0v) is 38.6. The molecule has 3 aromatic rings. The van der Waals surface area contributed by atoms with Crippen LogP contribution in [0.15, 0.2) is 66.7 Å². The molecule has 1 heterocycles. The van der Waals surface area contributed by atoms with Gasteiger partial charge in [-0.1, -0.05) is 69.3 Å². The number of benzene rings is 3. The van der Waals surface area contributed by atoms with E-state index in [1.165, 1.54) is 6.42 Å². The summed E-state index contributed by atoms with van der Waals surface area (Å²) < 4.78 is 32.5. The lowest BCUT2D eigenvalue weighted by molar-refractivity contribution is -0.183. The average molecular weight is 877 g/mol. The summed E-state index contributed by atoms with van der Waals surface area (Å²) in [5.74, 6) is 0.662. The number of anilines is 1. The van der Waals surface area contributed by atoms with Crippen molar-refractivity contribution >= 4 is 27.5 Å². The molecule has 14 nitrogen and oxygen atoms in total. The standard InChI is InChI=1S/C47H68N6O8S/c1-29-39-24-35(47(39,3)4)25-40(29)50-46(57)43-42(30(2)55)41(28-54)61-53(43)26-32-16-13-17-38(44(32)60-8)33-21-34(23-37(22-33)52(7)19-18-48-62(9,58)59)45(56)49-36(27-51(5)6)20-31-14-11-10-12-15-31/h10-17,21-23,29-30,35-36,39-43,48,54-55H,18-20,24-28H2,1-9H3,(H,49,56)(H,50,57)/t29-,30-,35-,36-,39+,40-,41-,42+,43-/m0/s1. The van der Waals surface area contributed by atoms with Crippen LogP contribution in [0.5, 0.6) is 5.75 Å². The highest BCUT2D eigenvalue weighted by Gasteiger charge is 2.57. The lowest BCUT2D eigenvalue weighted by atomic mass is 9.45. The summed E-state index contributed by atoms with van der Waals surface area (Å²) in [6.07, 6.45) is 2.07. The molecule has 4 aliphatic rings. The summed E-state index contributed by atoms with van der Waals surface area (Å²) in [6.45, 7) is 9.32. The molecule has 3 saturated carbocycles. The number of hydrogen-bond acceptors (Lipinski definition) is 11. The van der Waals surface area contributed by atoms with E-state index in [-0.39, 0.29) is 49.0 Å². The number of aliphatic hydroxyl groups is 2. The molecule has 1 saturated heterocycles. The Morgan fingerprint density at radius 1 is 1.05 bits per heavy atom. The summed E-state index contributed by atoms with van der Waals surface area (Å²) in [5.41, 5.74) is 4.50. The van der Waals surface area contributed by atoms with Gasteiger partial charge in [0.05, 0.1) is 32.6 Å².